The third-order valence-corrected chi connectivity index (χ3v) is 7.66. The summed E-state index contributed by atoms with van der Waals surface area (Å²) in [6, 6.07) is 10.4. The van der Waals surface area contributed by atoms with Gasteiger partial charge in [-0.25, -0.2) is 13.8 Å². The molecule has 0 bridgehead atoms. The van der Waals surface area contributed by atoms with Gasteiger partial charge in [-0.1, -0.05) is 17.7 Å². The molecule has 4 rings (SSSR count). The van der Waals surface area contributed by atoms with E-state index in [1.807, 2.05) is 0 Å². The van der Waals surface area contributed by atoms with Crippen molar-refractivity contribution in [2.75, 3.05) is 26.3 Å². The Balaban J connectivity index is 1.55. The SMILES string of the molecule is Cc1cc(C)c2c(c1)/C(=N/NC(=O)c1cccc(S(=O)(=O)N3CCOCC3)c1)CCC2. The fraction of sp³-hybridized carbons (Fsp3) is 0.391. The second-order valence-corrected chi connectivity index (χ2v) is 9.94. The lowest BCUT2D eigenvalue weighted by Gasteiger charge is -2.26. The second-order valence-electron chi connectivity index (χ2n) is 8.01. The van der Waals surface area contributed by atoms with Gasteiger partial charge < -0.3 is 4.74 Å². The number of amides is 1. The Kier molecular flexibility index (Phi) is 6.22. The Morgan fingerprint density at radius 3 is 2.65 bits per heavy atom. The molecule has 1 N–H and O–H groups in total. The summed E-state index contributed by atoms with van der Waals surface area (Å²) < 4.78 is 32.4. The Labute approximate surface area is 183 Å². The zero-order chi connectivity index (χ0) is 22.0. The Morgan fingerprint density at radius 2 is 1.87 bits per heavy atom. The molecule has 1 aliphatic heterocycles. The van der Waals surface area contributed by atoms with Crippen LogP contribution in [0.25, 0.3) is 0 Å². The summed E-state index contributed by atoms with van der Waals surface area (Å²) in [6.07, 6.45) is 2.79. The zero-order valence-corrected chi connectivity index (χ0v) is 18.7. The normalized spacial score (nSPS) is 18.6. The van der Waals surface area contributed by atoms with Crippen LogP contribution < -0.4 is 5.43 Å². The van der Waals surface area contributed by atoms with Gasteiger partial charge >= 0.3 is 0 Å². The van der Waals surface area contributed by atoms with Crippen LogP contribution in [0.5, 0.6) is 0 Å². The van der Waals surface area contributed by atoms with Gasteiger partial charge in [-0.3, -0.25) is 4.79 Å². The van der Waals surface area contributed by atoms with Crippen LogP contribution in [0.2, 0.25) is 0 Å². The standard InChI is InChI=1S/C23H27N3O4S/c1-16-13-17(2)20-7-4-8-22(21(20)14-16)24-25-23(27)18-5-3-6-19(15-18)31(28,29)26-9-11-30-12-10-26/h3,5-6,13-15H,4,7-12H2,1-2H3,(H,25,27)/b24-22+. The lowest BCUT2D eigenvalue weighted by molar-refractivity contribution is 0.0730. The highest BCUT2D eigenvalue weighted by atomic mass is 32.2. The Morgan fingerprint density at radius 1 is 1.10 bits per heavy atom. The van der Waals surface area contributed by atoms with Gasteiger partial charge in [0, 0.05) is 24.2 Å². The van der Waals surface area contributed by atoms with Crippen molar-refractivity contribution in [3.05, 3.63) is 64.2 Å². The molecule has 8 heteroatoms. The minimum atomic E-state index is -3.67. The van der Waals surface area contributed by atoms with E-state index in [1.54, 1.807) is 12.1 Å². The number of carbonyl (C=O) groups is 1. The van der Waals surface area contributed by atoms with Gasteiger partial charge in [-0.05, 0) is 68.5 Å². The molecule has 0 radical (unpaired) electrons. The molecule has 1 amide bonds. The third kappa shape index (κ3) is 4.56. The van der Waals surface area contributed by atoms with E-state index in [0.717, 1.165) is 36.1 Å². The molecule has 164 valence electrons. The van der Waals surface area contributed by atoms with Crippen LogP contribution in [0, 0.1) is 13.8 Å². The van der Waals surface area contributed by atoms with Crippen molar-refractivity contribution in [3.8, 4) is 0 Å². The van der Waals surface area contributed by atoms with E-state index < -0.39 is 15.9 Å². The molecule has 2 aromatic carbocycles. The molecule has 0 atom stereocenters. The first-order chi connectivity index (χ1) is 14.9. The van der Waals surface area contributed by atoms with Gasteiger partial charge in [-0.2, -0.15) is 9.41 Å². The van der Waals surface area contributed by atoms with Crippen LogP contribution >= 0.6 is 0 Å². The van der Waals surface area contributed by atoms with E-state index in [0.29, 0.717) is 26.3 Å². The van der Waals surface area contributed by atoms with Gasteiger partial charge in [0.05, 0.1) is 23.8 Å². The fourth-order valence-electron chi connectivity index (χ4n) is 4.19. The molecular formula is C23H27N3O4S. The average molecular weight is 442 g/mol. The molecule has 1 fully saturated rings. The Bertz CT molecular complexity index is 1140. The Hall–Kier alpha value is -2.55. The molecule has 0 spiro atoms. The van der Waals surface area contributed by atoms with Gasteiger partial charge in [-0.15, -0.1) is 0 Å². The molecule has 7 nitrogen and oxygen atoms in total. The van der Waals surface area contributed by atoms with Crippen molar-refractivity contribution in [2.45, 2.75) is 38.0 Å². The van der Waals surface area contributed by atoms with Crippen molar-refractivity contribution in [1.29, 1.82) is 0 Å². The molecular weight excluding hydrogens is 414 g/mol. The summed E-state index contributed by atoms with van der Waals surface area (Å²) >= 11 is 0. The molecule has 0 unspecified atom stereocenters. The summed E-state index contributed by atoms with van der Waals surface area (Å²) in [5, 5.41) is 4.41. The third-order valence-electron chi connectivity index (χ3n) is 5.77. The van der Waals surface area contributed by atoms with E-state index in [4.69, 9.17) is 4.74 Å². The topological polar surface area (TPSA) is 88.1 Å². The maximum absolute atomic E-state index is 12.9. The van der Waals surface area contributed by atoms with Crippen molar-refractivity contribution in [3.63, 3.8) is 0 Å². The highest BCUT2D eigenvalue weighted by Gasteiger charge is 2.27. The monoisotopic (exact) mass is 441 g/mol. The van der Waals surface area contributed by atoms with Crippen molar-refractivity contribution >= 4 is 21.6 Å². The molecule has 1 aliphatic carbocycles. The summed E-state index contributed by atoms with van der Waals surface area (Å²) in [7, 11) is -3.67. The molecule has 1 heterocycles. The van der Waals surface area contributed by atoms with E-state index >= 15 is 0 Å². The van der Waals surface area contributed by atoms with Crippen LogP contribution in [-0.2, 0) is 21.2 Å². The molecule has 31 heavy (non-hydrogen) atoms. The number of hydrazone groups is 1. The fourth-order valence-corrected chi connectivity index (χ4v) is 5.64. The first kappa shape index (κ1) is 21.7. The lowest BCUT2D eigenvalue weighted by atomic mass is 9.86. The number of carbonyl (C=O) groups excluding carboxylic acids is 1. The van der Waals surface area contributed by atoms with Crippen LogP contribution in [0.1, 0.15) is 45.5 Å². The number of aryl methyl sites for hydroxylation is 2. The molecule has 2 aliphatic rings. The average Bonchev–Trinajstić information content (AvgIpc) is 2.78. The number of nitrogens with zero attached hydrogens (tertiary/aromatic N) is 2. The second kappa shape index (κ2) is 8.90. The van der Waals surface area contributed by atoms with Crippen LogP contribution in [0.4, 0.5) is 0 Å². The zero-order valence-electron chi connectivity index (χ0n) is 17.8. The number of nitrogens with one attached hydrogen (secondary N) is 1. The predicted molar refractivity (Wildman–Crippen MR) is 119 cm³/mol. The molecule has 1 saturated heterocycles. The van der Waals surface area contributed by atoms with Crippen molar-refractivity contribution < 1.29 is 17.9 Å². The minimum Gasteiger partial charge on any atom is -0.379 e. The number of hydrogen-bond acceptors (Lipinski definition) is 5. The summed E-state index contributed by atoms with van der Waals surface area (Å²) in [5.74, 6) is -0.428. The lowest BCUT2D eigenvalue weighted by Crippen LogP contribution is -2.40. The molecule has 0 saturated carbocycles. The molecule has 0 aromatic heterocycles. The molecule has 2 aromatic rings. The number of fused-ring (bicyclic) bond motifs is 1. The number of morpholine rings is 1. The quantitative estimate of drug-likeness (QED) is 0.739. The summed E-state index contributed by atoms with van der Waals surface area (Å²) in [6.45, 7) is 5.52. The number of benzene rings is 2. The predicted octanol–water partition coefficient (Wildman–Crippen LogP) is 2.79. The van der Waals surface area contributed by atoms with Gasteiger partial charge in [0.25, 0.3) is 5.91 Å². The first-order valence-electron chi connectivity index (χ1n) is 10.5. The number of hydrogen-bond donors (Lipinski definition) is 1. The highest BCUT2D eigenvalue weighted by molar-refractivity contribution is 7.89. The van der Waals surface area contributed by atoms with Crippen LogP contribution in [-0.4, -0.2) is 50.6 Å². The maximum atomic E-state index is 12.9. The summed E-state index contributed by atoms with van der Waals surface area (Å²) in [5.41, 5.74) is 8.53. The number of ether oxygens (including phenoxy) is 1. The van der Waals surface area contributed by atoms with Crippen LogP contribution in [0.15, 0.2) is 46.4 Å². The van der Waals surface area contributed by atoms with E-state index in [9.17, 15) is 13.2 Å². The first-order valence-corrected chi connectivity index (χ1v) is 12.0. The van der Waals surface area contributed by atoms with E-state index in [1.165, 1.54) is 27.6 Å². The largest absolute Gasteiger partial charge is 0.379 e. The number of sulfonamides is 1. The van der Waals surface area contributed by atoms with E-state index in [2.05, 4.69) is 36.5 Å². The highest BCUT2D eigenvalue weighted by Crippen LogP contribution is 2.26. The maximum Gasteiger partial charge on any atom is 0.271 e. The van der Waals surface area contributed by atoms with Gasteiger partial charge in [0.1, 0.15) is 0 Å². The van der Waals surface area contributed by atoms with Crippen molar-refractivity contribution in [2.24, 2.45) is 5.10 Å². The number of rotatable bonds is 4. The van der Waals surface area contributed by atoms with E-state index in [-0.39, 0.29) is 10.5 Å². The van der Waals surface area contributed by atoms with Crippen molar-refractivity contribution in [1.82, 2.24) is 9.73 Å². The van der Waals surface area contributed by atoms with Crippen LogP contribution in [0.3, 0.4) is 0 Å². The summed E-state index contributed by atoms with van der Waals surface area (Å²) in [4.78, 5) is 12.8. The smallest absolute Gasteiger partial charge is 0.271 e. The minimum absolute atomic E-state index is 0.101. The van der Waals surface area contributed by atoms with Gasteiger partial charge in [0.2, 0.25) is 10.0 Å². The van der Waals surface area contributed by atoms with Gasteiger partial charge in [0.15, 0.2) is 0 Å².